The van der Waals surface area contributed by atoms with Gasteiger partial charge in [0.15, 0.2) is 5.11 Å². The molecule has 0 aliphatic heterocycles. The third-order valence-corrected chi connectivity index (χ3v) is 4.49. The van der Waals surface area contributed by atoms with E-state index in [0.717, 1.165) is 24.8 Å². The van der Waals surface area contributed by atoms with Gasteiger partial charge in [0, 0.05) is 17.7 Å². The first-order valence-corrected chi connectivity index (χ1v) is 9.97. The highest BCUT2D eigenvalue weighted by Gasteiger charge is 2.12. The van der Waals surface area contributed by atoms with Crippen molar-refractivity contribution in [1.82, 2.24) is 10.6 Å². The topological polar surface area (TPSA) is 70.2 Å². The van der Waals surface area contributed by atoms with Gasteiger partial charge in [0.25, 0.3) is 5.91 Å². The molecule has 0 bridgehead atoms. The number of carbonyl (C=O) groups excluding carboxylic acids is 2. The standard InChI is InChI=1S/C22H27N3O2S/c1-3-4-6-14-20(26)25-22(28)24-19-13-9-12-18(15-19)21(27)23-16(2)17-10-7-5-8-11-17/h5,7-13,15-16H,3-4,6,14H2,1-2H3,(H,23,27)(H2,24,25,26,28). The van der Waals surface area contributed by atoms with Crippen LogP contribution >= 0.6 is 12.2 Å². The molecule has 0 radical (unpaired) electrons. The van der Waals surface area contributed by atoms with Crippen LogP contribution in [0.2, 0.25) is 0 Å². The smallest absolute Gasteiger partial charge is 0.251 e. The summed E-state index contributed by atoms with van der Waals surface area (Å²) in [5, 5.41) is 8.85. The van der Waals surface area contributed by atoms with Gasteiger partial charge in [-0.15, -0.1) is 0 Å². The van der Waals surface area contributed by atoms with Gasteiger partial charge in [0.1, 0.15) is 0 Å². The highest BCUT2D eigenvalue weighted by molar-refractivity contribution is 7.80. The lowest BCUT2D eigenvalue weighted by Gasteiger charge is -2.15. The Bertz CT molecular complexity index is 808. The number of rotatable bonds is 8. The SMILES string of the molecule is CCCCCC(=O)NC(=S)Nc1cccc(C(=O)NC(C)c2ccccc2)c1. The maximum Gasteiger partial charge on any atom is 0.251 e. The van der Waals surface area contributed by atoms with E-state index in [4.69, 9.17) is 12.2 Å². The normalized spacial score (nSPS) is 11.4. The minimum atomic E-state index is -0.172. The molecule has 0 aliphatic rings. The lowest BCUT2D eigenvalue weighted by Crippen LogP contribution is -2.34. The van der Waals surface area contributed by atoms with Crippen LogP contribution in [0, 0.1) is 0 Å². The van der Waals surface area contributed by atoms with E-state index in [1.54, 1.807) is 24.3 Å². The van der Waals surface area contributed by atoms with Gasteiger partial charge < -0.3 is 16.0 Å². The van der Waals surface area contributed by atoms with Crippen LogP contribution in [0.25, 0.3) is 0 Å². The summed E-state index contributed by atoms with van der Waals surface area (Å²) >= 11 is 5.19. The molecule has 0 fully saturated rings. The molecular weight excluding hydrogens is 370 g/mol. The molecule has 6 heteroatoms. The van der Waals surface area contributed by atoms with E-state index in [0.29, 0.717) is 17.7 Å². The lowest BCUT2D eigenvalue weighted by atomic mass is 10.1. The Morgan fingerprint density at radius 3 is 2.50 bits per heavy atom. The molecule has 2 amide bonds. The Morgan fingerprint density at radius 2 is 1.79 bits per heavy atom. The molecule has 148 valence electrons. The van der Waals surface area contributed by atoms with Gasteiger partial charge in [-0.1, -0.05) is 56.2 Å². The first-order valence-electron chi connectivity index (χ1n) is 9.56. The van der Waals surface area contributed by atoms with Crippen molar-refractivity contribution in [2.45, 2.75) is 45.6 Å². The minimum Gasteiger partial charge on any atom is -0.346 e. The zero-order valence-corrected chi connectivity index (χ0v) is 17.1. The van der Waals surface area contributed by atoms with Gasteiger partial charge in [-0.05, 0) is 49.3 Å². The van der Waals surface area contributed by atoms with Crippen LogP contribution in [-0.4, -0.2) is 16.9 Å². The van der Waals surface area contributed by atoms with Gasteiger partial charge in [0.05, 0.1) is 6.04 Å². The number of thiocarbonyl (C=S) groups is 1. The zero-order chi connectivity index (χ0) is 20.4. The van der Waals surface area contributed by atoms with Crippen LogP contribution in [0.4, 0.5) is 5.69 Å². The predicted molar refractivity (Wildman–Crippen MR) is 117 cm³/mol. The molecule has 1 atom stereocenters. The number of hydrogen-bond donors (Lipinski definition) is 3. The molecule has 0 aliphatic carbocycles. The number of amides is 2. The Labute approximate surface area is 171 Å². The lowest BCUT2D eigenvalue weighted by molar-refractivity contribution is -0.119. The maximum atomic E-state index is 12.5. The average molecular weight is 398 g/mol. The number of nitrogens with one attached hydrogen (secondary N) is 3. The van der Waals surface area contributed by atoms with Crippen molar-refractivity contribution in [3.05, 3.63) is 65.7 Å². The Hall–Kier alpha value is -2.73. The number of hydrogen-bond acceptors (Lipinski definition) is 3. The summed E-state index contributed by atoms with van der Waals surface area (Å²) < 4.78 is 0. The molecule has 3 N–H and O–H groups in total. The monoisotopic (exact) mass is 397 g/mol. The molecule has 2 aromatic carbocycles. The van der Waals surface area contributed by atoms with E-state index in [2.05, 4.69) is 22.9 Å². The van der Waals surface area contributed by atoms with E-state index in [1.165, 1.54) is 0 Å². The van der Waals surface area contributed by atoms with Crippen molar-refractivity contribution in [3.63, 3.8) is 0 Å². The fourth-order valence-electron chi connectivity index (χ4n) is 2.73. The van der Waals surface area contributed by atoms with E-state index >= 15 is 0 Å². The van der Waals surface area contributed by atoms with Gasteiger partial charge in [-0.2, -0.15) is 0 Å². The van der Waals surface area contributed by atoms with Crippen molar-refractivity contribution >= 4 is 34.8 Å². The second kappa shape index (κ2) is 11.2. The van der Waals surface area contributed by atoms with Gasteiger partial charge >= 0.3 is 0 Å². The van der Waals surface area contributed by atoms with Crippen molar-refractivity contribution in [1.29, 1.82) is 0 Å². The van der Waals surface area contributed by atoms with Crippen molar-refractivity contribution in [2.75, 3.05) is 5.32 Å². The number of unbranched alkanes of at least 4 members (excludes halogenated alkanes) is 2. The van der Waals surface area contributed by atoms with Gasteiger partial charge in [0.2, 0.25) is 5.91 Å². The third kappa shape index (κ3) is 7.12. The molecule has 0 heterocycles. The molecule has 28 heavy (non-hydrogen) atoms. The van der Waals surface area contributed by atoms with Crippen molar-refractivity contribution in [3.8, 4) is 0 Å². The first kappa shape index (κ1) is 21.6. The summed E-state index contributed by atoms with van der Waals surface area (Å²) in [6.45, 7) is 4.03. The molecule has 0 saturated carbocycles. The molecule has 0 aromatic heterocycles. The Kier molecular flexibility index (Phi) is 8.62. The maximum absolute atomic E-state index is 12.5. The molecule has 1 unspecified atom stereocenters. The summed E-state index contributed by atoms with van der Waals surface area (Å²) in [7, 11) is 0. The summed E-state index contributed by atoms with van der Waals surface area (Å²) in [6, 6.07) is 16.7. The Balaban J connectivity index is 1.91. The third-order valence-electron chi connectivity index (χ3n) is 4.29. The average Bonchev–Trinajstić information content (AvgIpc) is 2.68. The fraction of sp³-hybridized carbons (Fsp3) is 0.318. The van der Waals surface area contributed by atoms with Crippen LogP contribution in [0.1, 0.15) is 61.5 Å². The number of benzene rings is 2. The van der Waals surface area contributed by atoms with Crippen LogP contribution in [-0.2, 0) is 4.79 Å². The highest BCUT2D eigenvalue weighted by atomic mass is 32.1. The second-order valence-electron chi connectivity index (χ2n) is 6.65. The highest BCUT2D eigenvalue weighted by Crippen LogP contribution is 2.15. The quantitative estimate of drug-likeness (QED) is 0.451. The van der Waals surface area contributed by atoms with Crippen LogP contribution < -0.4 is 16.0 Å². The fourth-order valence-corrected chi connectivity index (χ4v) is 2.96. The first-order chi connectivity index (χ1) is 13.5. The number of carbonyl (C=O) groups is 2. The molecular formula is C22H27N3O2S. The van der Waals surface area contributed by atoms with E-state index in [1.807, 2.05) is 37.3 Å². The van der Waals surface area contributed by atoms with Crippen molar-refractivity contribution in [2.24, 2.45) is 0 Å². The van der Waals surface area contributed by atoms with E-state index < -0.39 is 0 Å². The van der Waals surface area contributed by atoms with Gasteiger partial charge in [-0.25, -0.2) is 0 Å². The van der Waals surface area contributed by atoms with E-state index in [9.17, 15) is 9.59 Å². The second-order valence-corrected chi connectivity index (χ2v) is 7.05. The summed E-state index contributed by atoms with van der Waals surface area (Å²) in [5.41, 5.74) is 2.21. The number of anilines is 1. The van der Waals surface area contributed by atoms with Crippen molar-refractivity contribution < 1.29 is 9.59 Å². The van der Waals surface area contributed by atoms with Gasteiger partial charge in [-0.3, -0.25) is 9.59 Å². The van der Waals surface area contributed by atoms with Crippen LogP contribution in [0.5, 0.6) is 0 Å². The summed E-state index contributed by atoms with van der Waals surface area (Å²) in [5.74, 6) is -0.272. The molecule has 2 aromatic rings. The predicted octanol–water partition coefficient (Wildman–Crippen LogP) is 4.57. The van der Waals surface area contributed by atoms with Crippen LogP contribution in [0.3, 0.4) is 0 Å². The zero-order valence-electron chi connectivity index (χ0n) is 16.3. The van der Waals surface area contributed by atoms with Crippen LogP contribution in [0.15, 0.2) is 54.6 Å². The summed E-state index contributed by atoms with van der Waals surface area (Å²) in [6.07, 6.45) is 3.38. The Morgan fingerprint density at radius 1 is 1.04 bits per heavy atom. The molecule has 2 rings (SSSR count). The summed E-state index contributed by atoms with van der Waals surface area (Å²) in [4.78, 5) is 24.4. The largest absolute Gasteiger partial charge is 0.346 e. The molecule has 0 spiro atoms. The molecule has 5 nitrogen and oxygen atoms in total. The van der Waals surface area contributed by atoms with E-state index in [-0.39, 0.29) is 23.0 Å². The minimum absolute atomic E-state index is 0.100. The molecule has 0 saturated heterocycles.